The summed E-state index contributed by atoms with van der Waals surface area (Å²) in [7, 11) is 1.78. The molecule has 1 aliphatic rings. The molecule has 0 spiro atoms. The highest BCUT2D eigenvalue weighted by molar-refractivity contribution is 4.93. The molecule has 2 atom stereocenters. The molecule has 18 heavy (non-hydrogen) atoms. The largest absolute Gasteiger partial charge is 0.383 e. The van der Waals surface area contributed by atoms with Crippen molar-refractivity contribution in [1.29, 1.82) is 0 Å². The summed E-state index contributed by atoms with van der Waals surface area (Å²) < 4.78 is 5.27. The lowest BCUT2D eigenvalue weighted by Gasteiger charge is -2.47. The van der Waals surface area contributed by atoms with E-state index in [0.717, 1.165) is 25.6 Å². The predicted molar refractivity (Wildman–Crippen MR) is 77.8 cm³/mol. The second-order valence-electron chi connectivity index (χ2n) is 6.15. The normalized spacial score (nSPS) is 21.7. The Morgan fingerprint density at radius 3 is 2.50 bits per heavy atom. The molecule has 0 radical (unpaired) electrons. The zero-order chi connectivity index (χ0) is 13.6. The second-order valence-corrected chi connectivity index (χ2v) is 6.15. The maximum Gasteiger partial charge on any atom is 0.0590 e. The van der Waals surface area contributed by atoms with E-state index in [2.05, 4.69) is 25.7 Å². The predicted octanol–water partition coefficient (Wildman–Crippen LogP) is 2.64. The van der Waals surface area contributed by atoms with Gasteiger partial charge in [0.15, 0.2) is 0 Å². The quantitative estimate of drug-likeness (QED) is 0.689. The van der Waals surface area contributed by atoms with Crippen LogP contribution in [-0.2, 0) is 4.74 Å². The van der Waals surface area contributed by atoms with E-state index in [1.165, 1.54) is 32.1 Å². The smallest absolute Gasteiger partial charge is 0.0590 e. The van der Waals surface area contributed by atoms with Crippen LogP contribution in [0.2, 0.25) is 0 Å². The first-order valence-corrected chi connectivity index (χ1v) is 7.53. The first kappa shape index (κ1) is 15.9. The zero-order valence-electron chi connectivity index (χ0n) is 12.7. The maximum atomic E-state index is 6.12. The fraction of sp³-hybridized carbons (Fsp3) is 1.00. The number of methoxy groups -OCH3 is 1. The Morgan fingerprint density at radius 1 is 1.44 bits per heavy atom. The van der Waals surface area contributed by atoms with Gasteiger partial charge in [-0.25, -0.2) is 0 Å². The highest BCUT2D eigenvalue weighted by Gasteiger charge is 2.36. The zero-order valence-corrected chi connectivity index (χ0v) is 12.7. The minimum atomic E-state index is 0.138. The minimum absolute atomic E-state index is 0.138. The number of rotatable bonds is 9. The third kappa shape index (κ3) is 3.94. The molecule has 0 aromatic carbocycles. The van der Waals surface area contributed by atoms with Crippen molar-refractivity contribution in [3.63, 3.8) is 0 Å². The Bertz CT molecular complexity index is 231. The Balaban J connectivity index is 2.68. The fourth-order valence-electron chi connectivity index (χ4n) is 3.07. The van der Waals surface area contributed by atoms with Gasteiger partial charge in [-0.05, 0) is 32.6 Å². The van der Waals surface area contributed by atoms with E-state index in [-0.39, 0.29) is 5.54 Å². The number of hydrogen-bond acceptors (Lipinski definition) is 3. The SMILES string of the molecule is CCC(C)N(CCOC)C(C)(CN)CC1CCC1. The summed E-state index contributed by atoms with van der Waals surface area (Å²) in [6, 6.07) is 0.578. The Morgan fingerprint density at radius 2 is 2.11 bits per heavy atom. The fourth-order valence-corrected chi connectivity index (χ4v) is 3.07. The molecule has 1 rings (SSSR count). The highest BCUT2D eigenvalue weighted by atomic mass is 16.5. The third-order valence-corrected chi connectivity index (χ3v) is 4.75. The summed E-state index contributed by atoms with van der Waals surface area (Å²) in [4.78, 5) is 2.58. The number of ether oxygens (including phenoxy) is 1. The lowest BCUT2D eigenvalue weighted by Crippen LogP contribution is -2.57. The second kappa shape index (κ2) is 7.46. The van der Waals surface area contributed by atoms with Crippen LogP contribution in [-0.4, -0.2) is 43.3 Å². The van der Waals surface area contributed by atoms with Crippen molar-refractivity contribution in [2.75, 3.05) is 26.8 Å². The van der Waals surface area contributed by atoms with Gasteiger partial charge < -0.3 is 10.5 Å². The molecular formula is C15H32N2O. The van der Waals surface area contributed by atoms with Crippen LogP contribution >= 0.6 is 0 Å². The molecule has 1 fully saturated rings. The standard InChI is InChI=1S/C15H32N2O/c1-5-13(2)17(9-10-18-4)15(3,12-16)11-14-7-6-8-14/h13-14H,5-12,16H2,1-4H3. The van der Waals surface area contributed by atoms with Gasteiger partial charge in [0.2, 0.25) is 0 Å². The number of nitrogens with two attached hydrogens (primary N) is 1. The molecule has 1 saturated carbocycles. The topological polar surface area (TPSA) is 38.5 Å². The molecule has 3 heteroatoms. The van der Waals surface area contributed by atoms with Crippen LogP contribution in [0.4, 0.5) is 0 Å². The molecule has 0 aromatic heterocycles. The van der Waals surface area contributed by atoms with Crippen LogP contribution in [0.15, 0.2) is 0 Å². The first-order chi connectivity index (χ1) is 8.57. The molecule has 3 nitrogen and oxygen atoms in total. The average Bonchev–Trinajstić information content (AvgIpc) is 2.34. The summed E-state index contributed by atoms with van der Waals surface area (Å²) in [5.74, 6) is 0.896. The van der Waals surface area contributed by atoms with Crippen LogP contribution in [0.3, 0.4) is 0 Å². The van der Waals surface area contributed by atoms with E-state index in [1.54, 1.807) is 7.11 Å². The molecule has 0 aliphatic heterocycles. The molecular weight excluding hydrogens is 224 g/mol. The van der Waals surface area contributed by atoms with Crippen LogP contribution in [0, 0.1) is 5.92 Å². The van der Waals surface area contributed by atoms with Gasteiger partial charge in [0.1, 0.15) is 0 Å². The molecule has 0 bridgehead atoms. The van der Waals surface area contributed by atoms with Crippen molar-refractivity contribution in [1.82, 2.24) is 4.90 Å². The van der Waals surface area contributed by atoms with E-state index in [4.69, 9.17) is 10.5 Å². The Hall–Kier alpha value is -0.120. The number of nitrogens with zero attached hydrogens (tertiary/aromatic N) is 1. The van der Waals surface area contributed by atoms with Crippen LogP contribution < -0.4 is 5.73 Å². The summed E-state index contributed by atoms with van der Waals surface area (Å²) in [6.07, 6.45) is 6.62. The monoisotopic (exact) mass is 256 g/mol. The Kier molecular flexibility index (Phi) is 6.61. The molecule has 0 aromatic rings. The van der Waals surface area contributed by atoms with Gasteiger partial charge in [-0.15, -0.1) is 0 Å². The average molecular weight is 256 g/mol. The lowest BCUT2D eigenvalue weighted by molar-refractivity contribution is 0.0144. The van der Waals surface area contributed by atoms with E-state index >= 15 is 0 Å². The van der Waals surface area contributed by atoms with Crippen molar-refractivity contribution in [2.45, 2.75) is 64.5 Å². The van der Waals surface area contributed by atoms with Crippen LogP contribution in [0.25, 0.3) is 0 Å². The van der Waals surface area contributed by atoms with Gasteiger partial charge in [-0.1, -0.05) is 26.2 Å². The van der Waals surface area contributed by atoms with Crippen LogP contribution in [0.5, 0.6) is 0 Å². The molecule has 0 amide bonds. The first-order valence-electron chi connectivity index (χ1n) is 7.53. The molecule has 2 N–H and O–H groups in total. The van der Waals surface area contributed by atoms with E-state index in [1.807, 2.05) is 0 Å². The van der Waals surface area contributed by atoms with Crippen molar-refractivity contribution >= 4 is 0 Å². The minimum Gasteiger partial charge on any atom is -0.383 e. The molecule has 0 heterocycles. The van der Waals surface area contributed by atoms with E-state index in [9.17, 15) is 0 Å². The maximum absolute atomic E-state index is 6.12. The van der Waals surface area contributed by atoms with Gasteiger partial charge in [0.05, 0.1) is 6.61 Å². The van der Waals surface area contributed by atoms with Crippen molar-refractivity contribution in [3.05, 3.63) is 0 Å². The van der Waals surface area contributed by atoms with E-state index < -0.39 is 0 Å². The van der Waals surface area contributed by atoms with E-state index in [0.29, 0.717) is 6.04 Å². The van der Waals surface area contributed by atoms with Gasteiger partial charge >= 0.3 is 0 Å². The van der Waals surface area contributed by atoms with Gasteiger partial charge in [-0.2, -0.15) is 0 Å². The van der Waals surface area contributed by atoms with Crippen molar-refractivity contribution in [3.8, 4) is 0 Å². The summed E-state index contributed by atoms with van der Waals surface area (Å²) in [5.41, 5.74) is 6.25. The summed E-state index contributed by atoms with van der Waals surface area (Å²) >= 11 is 0. The Labute approximate surface area is 113 Å². The summed E-state index contributed by atoms with van der Waals surface area (Å²) in [6.45, 7) is 9.44. The molecule has 108 valence electrons. The molecule has 0 saturated heterocycles. The number of hydrogen-bond donors (Lipinski definition) is 1. The van der Waals surface area contributed by atoms with Crippen molar-refractivity contribution in [2.24, 2.45) is 11.7 Å². The van der Waals surface area contributed by atoms with Gasteiger partial charge in [0.25, 0.3) is 0 Å². The third-order valence-electron chi connectivity index (χ3n) is 4.75. The van der Waals surface area contributed by atoms with Gasteiger partial charge in [0, 0.05) is 31.8 Å². The molecule has 2 unspecified atom stereocenters. The molecule has 1 aliphatic carbocycles. The van der Waals surface area contributed by atoms with Gasteiger partial charge in [-0.3, -0.25) is 4.90 Å². The summed E-state index contributed by atoms with van der Waals surface area (Å²) in [5, 5.41) is 0. The highest BCUT2D eigenvalue weighted by Crippen LogP contribution is 2.36. The van der Waals surface area contributed by atoms with Crippen molar-refractivity contribution < 1.29 is 4.74 Å². The van der Waals surface area contributed by atoms with Crippen LogP contribution in [0.1, 0.15) is 52.9 Å². The lowest BCUT2D eigenvalue weighted by atomic mass is 9.75.